The minimum atomic E-state index is 0.175. The van der Waals surface area contributed by atoms with Gasteiger partial charge in [0.1, 0.15) is 25.7 Å². The summed E-state index contributed by atoms with van der Waals surface area (Å²) in [7, 11) is 0. The molecule has 27 heavy (non-hydrogen) atoms. The molecule has 1 saturated heterocycles. The minimum absolute atomic E-state index is 0.175. The van der Waals surface area contributed by atoms with E-state index >= 15 is 0 Å². The predicted molar refractivity (Wildman–Crippen MR) is 115 cm³/mol. The number of hydrogen-bond donors (Lipinski definition) is 3. The third kappa shape index (κ3) is 6.03. The van der Waals surface area contributed by atoms with Crippen molar-refractivity contribution in [3.63, 3.8) is 0 Å². The van der Waals surface area contributed by atoms with Crippen molar-refractivity contribution >= 4 is 23.0 Å². The van der Waals surface area contributed by atoms with Gasteiger partial charge in [-0.05, 0) is 41.4 Å². The third-order valence-electron chi connectivity index (χ3n) is 5.04. The SMILES string of the molecule is CC(C)c1ccc(NC(=S)N[C@@H](C[NH+]2CCOCC2)c2ccccc2)cc1. The van der Waals surface area contributed by atoms with Gasteiger partial charge in [-0.15, -0.1) is 0 Å². The average Bonchev–Trinajstić information content (AvgIpc) is 2.69. The lowest BCUT2D eigenvalue weighted by molar-refractivity contribution is -0.909. The van der Waals surface area contributed by atoms with E-state index in [0.717, 1.165) is 38.5 Å². The molecule has 3 rings (SSSR count). The first kappa shape index (κ1) is 19.8. The normalized spacial score (nSPS) is 16.1. The lowest BCUT2D eigenvalue weighted by Crippen LogP contribution is -3.14. The molecule has 0 aromatic heterocycles. The maximum Gasteiger partial charge on any atom is 0.171 e. The van der Waals surface area contributed by atoms with Crippen molar-refractivity contribution in [2.75, 3.05) is 38.2 Å². The summed E-state index contributed by atoms with van der Waals surface area (Å²) in [4.78, 5) is 1.55. The van der Waals surface area contributed by atoms with Gasteiger partial charge in [-0.1, -0.05) is 56.3 Å². The highest BCUT2D eigenvalue weighted by molar-refractivity contribution is 7.80. The smallest absolute Gasteiger partial charge is 0.171 e. The molecule has 0 radical (unpaired) electrons. The first-order valence-electron chi connectivity index (χ1n) is 9.75. The molecule has 1 aliphatic rings. The van der Waals surface area contributed by atoms with E-state index in [4.69, 9.17) is 17.0 Å². The predicted octanol–water partition coefficient (Wildman–Crippen LogP) is 2.75. The number of morpholine rings is 1. The zero-order valence-electron chi connectivity index (χ0n) is 16.2. The Morgan fingerprint density at radius 3 is 2.30 bits per heavy atom. The summed E-state index contributed by atoms with van der Waals surface area (Å²) >= 11 is 5.61. The van der Waals surface area contributed by atoms with Crippen LogP contribution >= 0.6 is 12.2 Å². The zero-order chi connectivity index (χ0) is 19.1. The molecule has 2 aromatic rings. The summed E-state index contributed by atoms with van der Waals surface area (Å²) in [6.07, 6.45) is 0. The molecule has 2 aromatic carbocycles. The van der Waals surface area contributed by atoms with Crippen LogP contribution in [0.2, 0.25) is 0 Å². The Balaban J connectivity index is 1.64. The molecule has 0 saturated carbocycles. The molecule has 0 aliphatic carbocycles. The molecule has 0 bridgehead atoms. The second-order valence-electron chi connectivity index (χ2n) is 7.40. The van der Waals surface area contributed by atoms with Crippen LogP contribution in [0.15, 0.2) is 54.6 Å². The van der Waals surface area contributed by atoms with Crippen molar-refractivity contribution in [3.8, 4) is 0 Å². The third-order valence-corrected chi connectivity index (χ3v) is 5.26. The van der Waals surface area contributed by atoms with Gasteiger partial charge in [0, 0.05) is 5.69 Å². The summed E-state index contributed by atoms with van der Waals surface area (Å²) in [5.41, 5.74) is 3.61. The first-order valence-corrected chi connectivity index (χ1v) is 10.2. The van der Waals surface area contributed by atoms with Gasteiger partial charge < -0.3 is 20.3 Å². The molecular formula is C22H30N3OS+. The van der Waals surface area contributed by atoms with Gasteiger partial charge in [-0.2, -0.15) is 0 Å². The van der Waals surface area contributed by atoms with Crippen molar-refractivity contribution in [1.29, 1.82) is 0 Å². The molecule has 144 valence electrons. The Kier molecular flexibility index (Phi) is 7.21. The van der Waals surface area contributed by atoms with Gasteiger partial charge in [-0.3, -0.25) is 0 Å². The molecule has 0 spiro atoms. The van der Waals surface area contributed by atoms with Gasteiger partial charge in [0.05, 0.1) is 13.2 Å². The minimum Gasteiger partial charge on any atom is -0.370 e. The maximum atomic E-state index is 5.61. The molecule has 1 atom stereocenters. The van der Waals surface area contributed by atoms with Crippen LogP contribution < -0.4 is 15.5 Å². The number of nitrogens with one attached hydrogen (secondary N) is 3. The molecule has 5 heteroatoms. The van der Waals surface area contributed by atoms with E-state index in [0.29, 0.717) is 11.0 Å². The molecule has 0 unspecified atom stereocenters. The topological polar surface area (TPSA) is 37.7 Å². The van der Waals surface area contributed by atoms with E-state index in [9.17, 15) is 0 Å². The first-order chi connectivity index (χ1) is 13.1. The van der Waals surface area contributed by atoms with Crippen LogP contribution in [0.1, 0.15) is 36.9 Å². The number of anilines is 1. The van der Waals surface area contributed by atoms with Crippen LogP contribution in [-0.2, 0) is 4.74 Å². The van der Waals surface area contributed by atoms with Gasteiger partial charge >= 0.3 is 0 Å². The fraction of sp³-hybridized carbons (Fsp3) is 0.409. The van der Waals surface area contributed by atoms with Gasteiger partial charge in [0.15, 0.2) is 5.11 Å². The van der Waals surface area contributed by atoms with Gasteiger partial charge in [-0.25, -0.2) is 0 Å². The van der Waals surface area contributed by atoms with Crippen LogP contribution in [0.3, 0.4) is 0 Å². The van der Waals surface area contributed by atoms with E-state index in [2.05, 4.69) is 79.1 Å². The summed E-state index contributed by atoms with van der Waals surface area (Å²) in [5, 5.41) is 7.52. The van der Waals surface area contributed by atoms with Crippen LogP contribution in [0.4, 0.5) is 5.69 Å². The quantitative estimate of drug-likeness (QED) is 0.670. The molecule has 3 N–H and O–H groups in total. The largest absolute Gasteiger partial charge is 0.370 e. The molecule has 0 amide bonds. The molecule has 1 aliphatic heterocycles. The number of ether oxygens (including phenoxy) is 1. The molecule has 1 fully saturated rings. The van der Waals surface area contributed by atoms with Crippen LogP contribution in [0, 0.1) is 0 Å². The molecular weight excluding hydrogens is 354 g/mol. The Morgan fingerprint density at radius 1 is 1.00 bits per heavy atom. The summed E-state index contributed by atoms with van der Waals surface area (Å²) in [6, 6.07) is 19.2. The van der Waals surface area contributed by atoms with Crippen molar-refractivity contribution in [3.05, 3.63) is 65.7 Å². The summed E-state index contributed by atoms with van der Waals surface area (Å²) in [5.74, 6) is 0.531. The average molecular weight is 385 g/mol. The second kappa shape index (κ2) is 9.83. The van der Waals surface area contributed by atoms with E-state index in [1.807, 2.05) is 0 Å². The Labute approximate surface area is 167 Å². The summed E-state index contributed by atoms with van der Waals surface area (Å²) < 4.78 is 5.49. The van der Waals surface area contributed by atoms with Crippen LogP contribution in [-0.4, -0.2) is 38.0 Å². The lowest BCUT2D eigenvalue weighted by Gasteiger charge is -2.29. The van der Waals surface area contributed by atoms with Gasteiger partial charge in [0.2, 0.25) is 0 Å². The van der Waals surface area contributed by atoms with Crippen molar-refractivity contribution in [2.45, 2.75) is 25.8 Å². The second-order valence-corrected chi connectivity index (χ2v) is 7.81. The van der Waals surface area contributed by atoms with E-state index in [1.54, 1.807) is 4.90 Å². The molecule has 1 heterocycles. The Hall–Kier alpha value is -1.95. The monoisotopic (exact) mass is 384 g/mol. The highest BCUT2D eigenvalue weighted by atomic mass is 32.1. The standard InChI is InChI=1S/C22H29N3OS/c1-17(2)18-8-10-20(11-9-18)23-22(27)24-21(19-6-4-3-5-7-19)16-25-12-14-26-15-13-25/h3-11,17,21H,12-16H2,1-2H3,(H2,23,24,27)/p+1/t21-/m0/s1. The fourth-order valence-electron chi connectivity index (χ4n) is 3.37. The maximum absolute atomic E-state index is 5.61. The Bertz CT molecular complexity index is 712. The number of benzene rings is 2. The van der Waals surface area contributed by atoms with Gasteiger partial charge in [0.25, 0.3) is 0 Å². The number of thiocarbonyl (C=S) groups is 1. The van der Waals surface area contributed by atoms with Crippen molar-refractivity contribution in [1.82, 2.24) is 5.32 Å². The fourth-order valence-corrected chi connectivity index (χ4v) is 3.63. The Morgan fingerprint density at radius 2 is 1.67 bits per heavy atom. The lowest BCUT2D eigenvalue weighted by atomic mass is 10.0. The van der Waals surface area contributed by atoms with Crippen LogP contribution in [0.5, 0.6) is 0 Å². The highest BCUT2D eigenvalue weighted by Crippen LogP contribution is 2.17. The van der Waals surface area contributed by atoms with Crippen LogP contribution in [0.25, 0.3) is 0 Å². The molecule has 4 nitrogen and oxygen atoms in total. The highest BCUT2D eigenvalue weighted by Gasteiger charge is 2.22. The number of hydrogen-bond acceptors (Lipinski definition) is 2. The van der Waals surface area contributed by atoms with Crippen molar-refractivity contribution < 1.29 is 9.64 Å². The van der Waals surface area contributed by atoms with Crippen molar-refractivity contribution in [2.24, 2.45) is 0 Å². The number of quaternary nitrogens is 1. The summed E-state index contributed by atoms with van der Waals surface area (Å²) in [6.45, 7) is 9.15. The van der Waals surface area contributed by atoms with E-state index in [1.165, 1.54) is 11.1 Å². The zero-order valence-corrected chi connectivity index (χ0v) is 17.0. The van der Waals surface area contributed by atoms with E-state index < -0.39 is 0 Å². The van der Waals surface area contributed by atoms with E-state index in [-0.39, 0.29) is 6.04 Å². The number of rotatable bonds is 6.